The highest BCUT2D eigenvalue weighted by atomic mass is 35.5. The first kappa shape index (κ1) is 24.8. The van der Waals surface area contributed by atoms with E-state index in [0.29, 0.717) is 28.9 Å². The number of aryl methyl sites for hydroxylation is 1. The summed E-state index contributed by atoms with van der Waals surface area (Å²) in [6.45, 7) is 1.63. The van der Waals surface area contributed by atoms with Crippen LogP contribution in [0, 0.1) is 5.92 Å². The van der Waals surface area contributed by atoms with Gasteiger partial charge in [-0.05, 0) is 79.5 Å². The van der Waals surface area contributed by atoms with Gasteiger partial charge in [-0.2, -0.15) is 0 Å². The van der Waals surface area contributed by atoms with Gasteiger partial charge in [0.2, 0.25) is 0 Å². The maximum Gasteiger partial charge on any atom is 0.409 e. The summed E-state index contributed by atoms with van der Waals surface area (Å²) in [5.74, 6) is 0.587. The molecule has 1 amide bonds. The molecule has 188 valence electrons. The highest BCUT2D eigenvalue weighted by Crippen LogP contribution is 2.34. The van der Waals surface area contributed by atoms with Crippen molar-refractivity contribution in [2.75, 3.05) is 24.0 Å². The van der Waals surface area contributed by atoms with Crippen molar-refractivity contribution in [3.05, 3.63) is 95.0 Å². The van der Waals surface area contributed by atoms with Crippen molar-refractivity contribution in [1.82, 2.24) is 4.90 Å². The molecule has 2 aliphatic heterocycles. The Morgan fingerprint density at radius 2 is 1.61 bits per heavy atom. The SMILES string of the molecule is O=C(OCC1CCc2ccccc2N1S(=O)c1ccc(Cl)cc1)N1CCC(Cc2ccccc2)CC1. The summed E-state index contributed by atoms with van der Waals surface area (Å²) >= 11 is 6.04. The van der Waals surface area contributed by atoms with Crippen molar-refractivity contribution >= 4 is 34.4 Å². The first-order valence-corrected chi connectivity index (χ1v) is 14.1. The number of carbonyl (C=O) groups excluding carboxylic acids is 1. The second kappa shape index (κ2) is 11.5. The average Bonchev–Trinajstić information content (AvgIpc) is 2.92. The van der Waals surface area contributed by atoms with Crippen LogP contribution < -0.4 is 4.31 Å². The molecule has 2 atom stereocenters. The molecule has 0 aromatic heterocycles. The molecule has 7 heteroatoms. The summed E-state index contributed by atoms with van der Waals surface area (Å²) in [5.41, 5.74) is 3.44. The van der Waals surface area contributed by atoms with Gasteiger partial charge in [0.15, 0.2) is 11.0 Å². The molecule has 0 N–H and O–H groups in total. The average molecular weight is 523 g/mol. The summed E-state index contributed by atoms with van der Waals surface area (Å²) in [7, 11) is -1.44. The van der Waals surface area contributed by atoms with E-state index in [1.165, 1.54) is 5.56 Å². The second-order valence-electron chi connectivity index (χ2n) is 9.55. The molecular weight excluding hydrogens is 492 g/mol. The fourth-order valence-electron chi connectivity index (χ4n) is 5.14. The van der Waals surface area contributed by atoms with E-state index in [0.717, 1.165) is 43.4 Å². The number of fused-ring (bicyclic) bond motifs is 1. The minimum Gasteiger partial charge on any atom is -0.447 e. The van der Waals surface area contributed by atoms with Gasteiger partial charge in [-0.3, -0.25) is 4.31 Å². The number of halogens is 1. The quantitative estimate of drug-likeness (QED) is 0.383. The summed E-state index contributed by atoms with van der Waals surface area (Å²) in [4.78, 5) is 15.4. The van der Waals surface area contributed by atoms with Crippen molar-refractivity contribution in [3.8, 4) is 0 Å². The lowest BCUT2D eigenvalue weighted by Gasteiger charge is -2.38. The molecule has 3 aromatic rings. The molecule has 0 saturated carbocycles. The van der Waals surface area contributed by atoms with Gasteiger partial charge in [-0.1, -0.05) is 60.1 Å². The zero-order chi connectivity index (χ0) is 24.9. The zero-order valence-corrected chi connectivity index (χ0v) is 21.8. The van der Waals surface area contributed by atoms with Gasteiger partial charge in [0, 0.05) is 18.1 Å². The van der Waals surface area contributed by atoms with Gasteiger partial charge in [0.1, 0.15) is 6.61 Å². The normalized spacial score (nSPS) is 19.0. The topological polar surface area (TPSA) is 49.9 Å². The van der Waals surface area contributed by atoms with Gasteiger partial charge in [0.25, 0.3) is 0 Å². The summed E-state index contributed by atoms with van der Waals surface area (Å²) in [5, 5.41) is 0.604. The Hall–Kier alpha value is -2.83. The molecule has 3 aromatic carbocycles. The van der Waals surface area contributed by atoms with Crippen LogP contribution in [-0.2, 0) is 28.6 Å². The number of hydrogen-bond acceptors (Lipinski definition) is 3. The van der Waals surface area contributed by atoms with Crippen LogP contribution in [0.5, 0.6) is 0 Å². The minimum atomic E-state index is -1.44. The number of piperidine rings is 1. The van der Waals surface area contributed by atoms with Crippen LogP contribution in [-0.4, -0.2) is 40.9 Å². The monoisotopic (exact) mass is 522 g/mol. The van der Waals surface area contributed by atoms with E-state index in [1.807, 2.05) is 33.5 Å². The van der Waals surface area contributed by atoms with E-state index in [-0.39, 0.29) is 18.7 Å². The summed E-state index contributed by atoms with van der Waals surface area (Å²) in [6, 6.07) is 25.5. The Morgan fingerprint density at radius 3 is 2.36 bits per heavy atom. The van der Waals surface area contributed by atoms with Crippen LogP contribution in [0.4, 0.5) is 10.5 Å². The molecular formula is C29H31ClN2O3S. The van der Waals surface area contributed by atoms with Gasteiger partial charge >= 0.3 is 6.09 Å². The van der Waals surface area contributed by atoms with Crippen molar-refractivity contribution in [3.63, 3.8) is 0 Å². The fourth-order valence-corrected chi connectivity index (χ4v) is 6.66. The molecule has 0 bridgehead atoms. The number of rotatable bonds is 6. The zero-order valence-electron chi connectivity index (χ0n) is 20.2. The van der Waals surface area contributed by atoms with Gasteiger partial charge in [0.05, 0.1) is 16.6 Å². The van der Waals surface area contributed by atoms with Crippen molar-refractivity contribution in [1.29, 1.82) is 0 Å². The number of likely N-dealkylation sites (tertiary alicyclic amines) is 1. The van der Waals surface area contributed by atoms with Gasteiger partial charge < -0.3 is 9.64 Å². The molecule has 0 spiro atoms. The Labute approximate surface area is 220 Å². The van der Waals surface area contributed by atoms with E-state index in [2.05, 4.69) is 30.3 Å². The highest BCUT2D eigenvalue weighted by molar-refractivity contribution is 7.86. The van der Waals surface area contributed by atoms with E-state index in [1.54, 1.807) is 24.3 Å². The third-order valence-corrected chi connectivity index (χ3v) is 8.92. The standard InChI is InChI=1S/C29H31ClN2O3S/c30-25-11-14-27(15-12-25)36(34)32-26(13-10-24-8-4-5-9-28(24)32)21-35-29(33)31-18-16-23(17-19-31)20-22-6-2-1-3-7-22/h1-9,11-12,14-15,23,26H,10,13,16-21H2. The third kappa shape index (κ3) is 5.76. The number of carbonyl (C=O) groups is 1. The maximum absolute atomic E-state index is 13.7. The lowest BCUT2D eigenvalue weighted by molar-refractivity contribution is 0.0826. The Kier molecular flexibility index (Phi) is 7.93. The van der Waals surface area contributed by atoms with Crippen LogP contribution in [0.3, 0.4) is 0 Å². The molecule has 36 heavy (non-hydrogen) atoms. The lowest BCUT2D eigenvalue weighted by atomic mass is 9.90. The third-order valence-electron chi connectivity index (χ3n) is 7.14. The number of anilines is 1. The number of benzene rings is 3. The van der Waals surface area contributed by atoms with E-state index in [9.17, 15) is 9.00 Å². The molecule has 1 saturated heterocycles. The van der Waals surface area contributed by atoms with Crippen molar-refractivity contribution < 1.29 is 13.7 Å². The molecule has 0 radical (unpaired) electrons. The first-order chi connectivity index (χ1) is 17.6. The van der Waals surface area contributed by atoms with Crippen LogP contribution in [0.2, 0.25) is 5.02 Å². The molecule has 1 fully saturated rings. The number of hydrogen-bond donors (Lipinski definition) is 0. The molecule has 2 aliphatic rings. The minimum absolute atomic E-state index is 0.170. The smallest absolute Gasteiger partial charge is 0.409 e. The van der Waals surface area contributed by atoms with Crippen LogP contribution in [0.1, 0.15) is 30.4 Å². The van der Waals surface area contributed by atoms with Crippen LogP contribution >= 0.6 is 11.6 Å². The molecule has 0 aliphatic carbocycles. The van der Waals surface area contributed by atoms with Gasteiger partial charge in [-0.15, -0.1) is 0 Å². The molecule has 2 unspecified atom stereocenters. The van der Waals surface area contributed by atoms with Crippen LogP contribution in [0.25, 0.3) is 0 Å². The fraction of sp³-hybridized carbons (Fsp3) is 0.345. The second-order valence-corrected chi connectivity index (χ2v) is 11.3. The predicted molar refractivity (Wildman–Crippen MR) is 145 cm³/mol. The Bertz CT molecular complexity index is 1200. The number of amides is 1. The lowest BCUT2D eigenvalue weighted by Crippen LogP contribution is -2.46. The number of nitrogens with zero attached hydrogens (tertiary/aromatic N) is 2. The molecule has 2 heterocycles. The van der Waals surface area contributed by atoms with E-state index in [4.69, 9.17) is 16.3 Å². The highest BCUT2D eigenvalue weighted by Gasteiger charge is 2.33. The first-order valence-electron chi connectivity index (χ1n) is 12.6. The maximum atomic E-state index is 13.7. The largest absolute Gasteiger partial charge is 0.447 e. The molecule has 5 rings (SSSR count). The van der Waals surface area contributed by atoms with Gasteiger partial charge in [-0.25, -0.2) is 9.00 Å². The Morgan fingerprint density at radius 1 is 0.917 bits per heavy atom. The van der Waals surface area contributed by atoms with Crippen molar-refractivity contribution in [2.24, 2.45) is 5.92 Å². The Balaban J connectivity index is 1.21. The summed E-state index contributed by atoms with van der Waals surface area (Å²) < 4.78 is 21.4. The molecule has 5 nitrogen and oxygen atoms in total. The number of ether oxygens (including phenoxy) is 1. The number of para-hydroxylation sites is 1. The van der Waals surface area contributed by atoms with Crippen molar-refractivity contribution in [2.45, 2.75) is 43.0 Å². The van der Waals surface area contributed by atoms with E-state index >= 15 is 0 Å². The van der Waals surface area contributed by atoms with E-state index < -0.39 is 11.0 Å². The summed E-state index contributed by atoms with van der Waals surface area (Å²) in [6.07, 6.45) is 4.36. The predicted octanol–water partition coefficient (Wildman–Crippen LogP) is 6.28. The van der Waals surface area contributed by atoms with Crippen LogP contribution in [0.15, 0.2) is 83.8 Å².